The van der Waals surface area contributed by atoms with E-state index in [0.29, 0.717) is 23.6 Å². The molecule has 6 nitrogen and oxygen atoms in total. The van der Waals surface area contributed by atoms with Gasteiger partial charge in [0, 0.05) is 5.69 Å². The SMILES string of the molecule is Cc1ccc(NC(=O)C(N)CC(C)C)cc1S(N)(=O)=O. The van der Waals surface area contributed by atoms with Crippen molar-refractivity contribution in [3.8, 4) is 0 Å². The van der Waals surface area contributed by atoms with Crippen LogP contribution in [0.5, 0.6) is 0 Å². The van der Waals surface area contributed by atoms with Crippen LogP contribution in [0.4, 0.5) is 5.69 Å². The number of carbonyl (C=O) groups excluding carboxylic acids is 1. The van der Waals surface area contributed by atoms with Gasteiger partial charge < -0.3 is 11.1 Å². The summed E-state index contributed by atoms with van der Waals surface area (Å²) in [6, 6.07) is 3.91. The van der Waals surface area contributed by atoms with Crippen molar-refractivity contribution in [2.24, 2.45) is 16.8 Å². The number of carbonyl (C=O) groups is 1. The number of sulfonamides is 1. The lowest BCUT2D eigenvalue weighted by Crippen LogP contribution is -2.36. The van der Waals surface area contributed by atoms with Crippen LogP contribution in [0, 0.1) is 12.8 Å². The minimum absolute atomic E-state index is 0.00673. The summed E-state index contributed by atoms with van der Waals surface area (Å²) in [6.07, 6.45) is 0.555. The molecule has 7 heteroatoms. The van der Waals surface area contributed by atoms with Gasteiger partial charge in [-0.3, -0.25) is 4.79 Å². The topological polar surface area (TPSA) is 115 Å². The summed E-state index contributed by atoms with van der Waals surface area (Å²) < 4.78 is 22.8. The average molecular weight is 299 g/mol. The lowest BCUT2D eigenvalue weighted by atomic mass is 10.0. The highest BCUT2D eigenvalue weighted by Crippen LogP contribution is 2.19. The fourth-order valence-corrected chi connectivity index (χ4v) is 2.64. The van der Waals surface area contributed by atoms with Crippen molar-refractivity contribution in [3.05, 3.63) is 23.8 Å². The maximum Gasteiger partial charge on any atom is 0.241 e. The first-order valence-corrected chi connectivity index (χ1v) is 7.85. The maximum absolute atomic E-state index is 11.9. The van der Waals surface area contributed by atoms with Crippen LogP contribution in [0.15, 0.2) is 23.1 Å². The molecule has 0 aromatic heterocycles. The fraction of sp³-hybridized carbons (Fsp3) is 0.462. The van der Waals surface area contributed by atoms with Crippen LogP contribution < -0.4 is 16.2 Å². The number of nitrogens with two attached hydrogens (primary N) is 2. The summed E-state index contributed by atoms with van der Waals surface area (Å²) in [5.74, 6) is -0.0447. The average Bonchev–Trinajstić information content (AvgIpc) is 2.29. The van der Waals surface area contributed by atoms with E-state index in [0.717, 1.165) is 0 Å². The molecule has 1 amide bonds. The molecule has 5 N–H and O–H groups in total. The summed E-state index contributed by atoms with van der Waals surface area (Å²) >= 11 is 0. The van der Waals surface area contributed by atoms with Crippen LogP contribution in [-0.2, 0) is 14.8 Å². The third kappa shape index (κ3) is 4.59. The Labute approximate surface area is 119 Å². The van der Waals surface area contributed by atoms with Crippen molar-refractivity contribution < 1.29 is 13.2 Å². The minimum Gasteiger partial charge on any atom is -0.325 e. The third-order valence-electron chi connectivity index (χ3n) is 2.82. The quantitative estimate of drug-likeness (QED) is 0.750. The number of hydrogen-bond donors (Lipinski definition) is 3. The van der Waals surface area contributed by atoms with Gasteiger partial charge in [0.2, 0.25) is 15.9 Å². The van der Waals surface area contributed by atoms with E-state index in [2.05, 4.69) is 5.32 Å². The van der Waals surface area contributed by atoms with Crippen molar-refractivity contribution >= 4 is 21.6 Å². The number of nitrogens with one attached hydrogen (secondary N) is 1. The number of aryl methyl sites for hydroxylation is 1. The summed E-state index contributed by atoms with van der Waals surface area (Å²) in [4.78, 5) is 11.9. The van der Waals surface area contributed by atoms with Crippen molar-refractivity contribution in [2.75, 3.05) is 5.32 Å². The Balaban J connectivity index is 2.92. The van der Waals surface area contributed by atoms with Gasteiger partial charge in [-0.25, -0.2) is 13.6 Å². The van der Waals surface area contributed by atoms with Gasteiger partial charge in [0.15, 0.2) is 0 Å². The highest BCUT2D eigenvalue weighted by atomic mass is 32.2. The lowest BCUT2D eigenvalue weighted by molar-refractivity contribution is -0.117. The molecular weight excluding hydrogens is 278 g/mol. The monoisotopic (exact) mass is 299 g/mol. The molecule has 1 rings (SSSR count). The van der Waals surface area contributed by atoms with E-state index < -0.39 is 16.1 Å². The summed E-state index contributed by atoms with van der Waals surface area (Å²) in [7, 11) is -3.81. The Morgan fingerprint density at radius 1 is 1.35 bits per heavy atom. The van der Waals surface area contributed by atoms with Crippen LogP contribution in [0.2, 0.25) is 0 Å². The Hall–Kier alpha value is -1.44. The molecule has 0 bridgehead atoms. The summed E-state index contributed by atoms with van der Waals surface area (Å²) in [5.41, 5.74) is 6.65. The molecule has 0 aliphatic rings. The Kier molecular flexibility index (Phi) is 5.27. The first-order valence-electron chi connectivity index (χ1n) is 6.31. The maximum atomic E-state index is 11.9. The number of rotatable bonds is 5. The van der Waals surface area contributed by atoms with Gasteiger partial charge in [-0.15, -0.1) is 0 Å². The molecule has 0 radical (unpaired) electrons. The molecule has 0 spiro atoms. The van der Waals surface area contributed by atoms with Gasteiger partial charge in [0.1, 0.15) is 0 Å². The zero-order valence-corrected chi connectivity index (χ0v) is 12.7. The highest BCUT2D eigenvalue weighted by Gasteiger charge is 2.17. The number of amides is 1. The number of hydrogen-bond acceptors (Lipinski definition) is 4. The van der Waals surface area contributed by atoms with Crippen LogP contribution in [0.1, 0.15) is 25.8 Å². The van der Waals surface area contributed by atoms with E-state index in [4.69, 9.17) is 10.9 Å². The molecule has 0 aliphatic carbocycles. The van der Waals surface area contributed by atoms with Crippen molar-refractivity contribution in [1.29, 1.82) is 0 Å². The van der Waals surface area contributed by atoms with E-state index in [9.17, 15) is 13.2 Å². The molecule has 1 unspecified atom stereocenters. The third-order valence-corrected chi connectivity index (χ3v) is 3.88. The van der Waals surface area contributed by atoms with Crippen molar-refractivity contribution in [3.63, 3.8) is 0 Å². The highest BCUT2D eigenvalue weighted by molar-refractivity contribution is 7.89. The van der Waals surface area contributed by atoms with Crippen LogP contribution in [0.25, 0.3) is 0 Å². The minimum atomic E-state index is -3.81. The molecule has 0 fully saturated rings. The molecule has 1 atom stereocenters. The lowest BCUT2D eigenvalue weighted by Gasteiger charge is -2.15. The molecule has 112 valence electrons. The van der Waals surface area contributed by atoms with Crippen molar-refractivity contribution in [2.45, 2.75) is 38.1 Å². The second-order valence-corrected chi connectivity index (χ2v) is 6.78. The van der Waals surface area contributed by atoms with E-state index in [1.54, 1.807) is 19.1 Å². The van der Waals surface area contributed by atoms with Crippen LogP contribution in [0.3, 0.4) is 0 Å². The Bertz CT molecular complexity index is 597. The Morgan fingerprint density at radius 2 is 1.95 bits per heavy atom. The normalized spacial score (nSPS) is 13.3. The number of anilines is 1. The molecule has 1 aromatic carbocycles. The number of benzene rings is 1. The molecule has 0 aliphatic heterocycles. The van der Waals surface area contributed by atoms with E-state index in [-0.39, 0.29) is 10.8 Å². The molecule has 20 heavy (non-hydrogen) atoms. The van der Waals surface area contributed by atoms with Gasteiger partial charge in [0.05, 0.1) is 10.9 Å². The predicted octanol–water partition coefficient (Wildman–Crippen LogP) is 0.954. The van der Waals surface area contributed by atoms with Gasteiger partial charge in [-0.2, -0.15) is 0 Å². The second-order valence-electron chi connectivity index (χ2n) is 5.25. The van der Waals surface area contributed by atoms with Gasteiger partial charge in [-0.1, -0.05) is 19.9 Å². The van der Waals surface area contributed by atoms with Gasteiger partial charge in [0.25, 0.3) is 0 Å². The predicted molar refractivity (Wildman–Crippen MR) is 78.6 cm³/mol. The summed E-state index contributed by atoms with van der Waals surface area (Å²) in [5, 5.41) is 7.72. The molecule has 1 aromatic rings. The smallest absolute Gasteiger partial charge is 0.241 e. The first kappa shape index (κ1) is 16.6. The van der Waals surface area contributed by atoms with E-state index >= 15 is 0 Å². The molecule has 0 saturated heterocycles. The molecular formula is C13H21N3O3S. The van der Waals surface area contributed by atoms with Crippen LogP contribution >= 0.6 is 0 Å². The molecule has 0 heterocycles. The van der Waals surface area contributed by atoms with Gasteiger partial charge in [-0.05, 0) is 37.0 Å². The zero-order chi connectivity index (χ0) is 15.5. The zero-order valence-electron chi connectivity index (χ0n) is 11.9. The van der Waals surface area contributed by atoms with Crippen LogP contribution in [-0.4, -0.2) is 20.4 Å². The Morgan fingerprint density at radius 3 is 2.45 bits per heavy atom. The standard InChI is InChI=1S/C13H21N3O3S/c1-8(2)6-11(14)13(17)16-10-5-4-9(3)12(7-10)20(15,18)19/h4-5,7-8,11H,6,14H2,1-3H3,(H,16,17)(H2,15,18,19). The first-order chi connectivity index (χ1) is 9.11. The van der Waals surface area contributed by atoms with Crippen molar-refractivity contribution in [1.82, 2.24) is 0 Å². The molecule has 0 saturated carbocycles. The second kappa shape index (κ2) is 6.34. The fourth-order valence-electron chi connectivity index (χ4n) is 1.83. The van der Waals surface area contributed by atoms with E-state index in [1.165, 1.54) is 6.07 Å². The van der Waals surface area contributed by atoms with Gasteiger partial charge >= 0.3 is 0 Å². The van der Waals surface area contributed by atoms with E-state index in [1.807, 2.05) is 13.8 Å². The summed E-state index contributed by atoms with van der Waals surface area (Å²) in [6.45, 7) is 5.58. The number of primary sulfonamides is 1. The largest absolute Gasteiger partial charge is 0.325 e.